The van der Waals surface area contributed by atoms with Crippen molar-refractivity contribution in [3.63, 3.8) is 0 Å². The Hall–Kier alpha value is -1.44. The van der Waals surface area contributed by atoms with Gasteiger partial charge in [0, 0.05) is 12.1 Å². The van der Waals surface area contributed by atoms with Gasteiger partial charge in [-0.15, -0.1) is 0 Å². The number of carbonyl (C=O) groups is 1. The average molecular weight is 309 g/mol. The lowest BCUT2D eigenvalue weighted by molar-refractivity contribution is 0.00578. The van der Waals surface area contributed by atoms with Crippen LogP contribution >= 0.6 is 0 Å². The van der Waals surface area contributed by atoms with Gasteiger partial charge in [-0.3, -0.25) is 4.79 Å². The second-order valence-corrected chi connectivity index (χ2v) is 6.30. The number of carbonyl (C=O) groups excluding carboxylic acids is 1. The van der Waals surface area contributed by atoms with Gasteiger partial charge >= 0.3 is 7.12 Å². The van der Waals surface area contributed by atoms with E-state index in [9.17, 15) is 9.18 Å². The van der Waals surface area contributed by atoms with E-state index < -0.39 is 30.0 Å². The molecule has 1 aromatic rings. The van der Waals surface area contributed by atoms with Crippen molar-refractivity contribution in [1.29, 1.82) is 0 Å². The first-order valence-electron chi connectivity index (χ1n) is 7.22. The molecule has 1 aromatic carbocycles. The van der Waals surface area contributed by atoms with Gasteiger partial charge < -0.3 is 19.7 Å². The van der Waals surface area contributed by atoms with Crippen molar-refractivity contribution >= 4 is 18.5 Å². The largest absolute Gasteiger partial charge is 0.495 e. The lowest BCUT2D eigenvalue weighted by atomic mass is 9.75. The van der Waals surface area contributed by atoms with Crippen LogP contribution in [0.2, 0.25) is 0 Å². The second kappa shape index (κ2) is 5.99. The standard InChI is InChI=1S/C15H21BFNO4/c1-14(2)15(3,4)22-16(21-14)12-6-5-10(17)9-11(12)13(20)18-7-8-19/h5-6,9,19H,7-8H2,1-4H3,(H,18,20). The fraction of sp³-hybridized carbons (Fsp3) is 0.533. The van der Waals surface area contributed by atoms with Crippen LogP contribution in [-0.2, 0) is 9.31 Å². The topological polar surface area (TPSA) is 67.8 Å². The third-order valence-electron chi connectivity index (χ3n) is 4.16. The SMILES string of the molecule is CC1(C)OB(c2ccc(F)cc2C(=O)NCCO)OC1(C)C. The van der Waals surface area contributed by atoms with Crippen LogP contribution < -0.4 is 10.8 Å². The zero-order chi connectivity index (χ0) is 16.5. The first-order chi connectivity index (χ1) is 10.2. The molecule has 2 rings (SSSR count). The molecule has 7 heteroatoms. The molecule has 5 nitrogen and oxygen atoms in total. The molecule has 0 bridgehead atoms. The van der Waals surface area contributed by atoms with Crippen LogP contribution in [0.15, 0.2) is 18.2 Å². The highest BCUT2D eigenvalue weighted by Gasteiger charge is 2.52. The Labute approximate surface area is 130 Å². The van der Waals surface area contributed by atoms with E-state index in [2.05, 4.69) is 5.32 Å². The van der Waals surface area contributed by atoms with Gasteiger partial charge in [0.1, 0.15) is 5.82 Å². The molecule has 1 aliphatic rings. The van der Waals surface area contributed by atoms with Crippen LogP contribution in [0.4, 0.5) is 4.39 Å². The van der Waals surface area contributed by atoms with Gasteiger partial charge in [-0.05, 0) is 45.3 Å². The summed E-state index contributed by atoms with van der Waals surface area (Å²) in [6.45, 7) is 7.53. The molecule has 0 aromatic heterocycles. The number of nitrogens with one attached hydrogen (secondary N) is 1. The summed E-state index contributed by atoms with van der Waals surface area (Å²) in [4.78, 5) is 12.2. The number of halogens is 1. The maximum absolute atomic E-state index is 13.5. The van der Waals surface area contributed by atoms with E-state index in [0.717, 1.165) is 6.07 Å². The number of rotatable bonds is 4. The number of aliphatic hydroxyl groups excluding tert-OH is 1. The predicted octanol–water partition coefficient (Wildman–Crippen LogP) is 0.847. The molecule has 22 heavy (non-hydrogen) atoms. The van der Waals surface area contributed by atoms with Crippen LogP contribution in [-0.4, -0.2) is 42.5 Å². The summed E-state index contributed by atoms with van der Waals surface area (Å²) >= 11 is 0. The third-order valence-corrected chi connectivity index (χ3v) is 4.16. The lowest BCUT2D eigenvalue weighted by Crippen LogP contribution is -2.41. The molecule has 120 valence electrons. The van der Waals surface area contributed by atoms with E-state index in [4.69, 9.17) is 14.4 Å². The van der Waals surface area contributed by atoms with E-state index in [1.807, 2.05) is 27.7 Å². The number of amides is 1. The minimum Gasteiger partial charge on any atom is -0.399 e. The van der Waals surface area contributed by atoms with Gasteiger partial charge in [-0.1, -0.05) is 6.07 Å². The smallest absolute Gasteiger partial charge is 0.399 e. The molecule has 1 aliphatic heterocycles. The number of benzene rings is 1. The Bertz CT molecular complexity index is 561. The first-order valence-corrected chi connectivity index (χ1v) is 7.22. The molecule has 0 saturated carbocycles. The molecular weight excluding hydrogens is 288 g/mol. The molecule has 2 N–H and O–H groups in total. The summed E-state index contributed by atoms with van der Waals surface area (Å²) in [6, 6.07) is 3.90. The van der Waals surface area contributed by atoms with E-state index >= 15 is 0 Å². The third kappa shape index (κ3) is 3.16. The molecular formula is C15H21BFNO4. The highest BCUT2D eigenvalue weighted by Crippen LogP contribution is 2.36. The fourth-order valence-electron chi connectivity index (χ4n) is 2.17. The van der Waals surface area contributed by atoms with Crippen molar-refractivity contribution in [2.24, 2.45) is 0 Å². The molecule has 1 amide bonds. The normalized spacial score (nSPS) is 19.3. The van der Waals surface area contributed by atoms with Crippen molar-refractivity contribution in [2.75, 3.05) is 13.2 Å². The average Bonchev–Trinajstić information content (AvgIpc) is 2.64. The van der Waals surface area contributed by atoms with E-state index in [-0.39, 0.29) is 18.7 Å². The number of hydrogen-bond donors (Lipinski definition) is 2. The summed E-state index contributed by atoms with van der Waals surface area (Å²) in [5.74, 6) is -0.993. The van der Waals surface area contributed by atoms with Crippen molar-refractivity contribution in [1.82, 2.24) is 5.32 Å². The Kier molecular flexibility index (Phi) is 4.61. The quantitative estimate of drug-likeness (QED) is 0.809. The Morgan fingerprint density at radius 1 is 1.27 bits per heavy atom. The van der Waals surface area contributed by atoms with E-state index in [1.54, 1.807) is 0 Å². The molecule has 0 aliphatic carbocycles. The summed E-state index contributed by atoms with van der Waals surface area (Å²) in [5, 5.41) is 11.3. The van der Waals surface area contributed by atoms with Crippen molar-refractivity contribution < 1.29 is 23.6 Å². The Morgan fingerprint density at radius 2 is 1.86 bits per heavy atom. The van der Waals surface area contributed by atoms with Crippen molar-refractivity contribution in [2.45, 2.75) is 38.9 Å². The summed E-state index contributed by atoms with van der Waals surface area (Å²) in [5.41, 5.74) is -0.488. The lowest BCUT2D eigenvalue weighted by Gasteiger charge is -2.32. The van der Waals surface area contributed by atoms with Crippen LogP contribution in [0.5, 0.6) is 0 Å². The first kappa shape index (κ1) is 16.9. The predicted molar refractivity (Wildman–Crippen MR) is 81.5 cm³/mol. The van der Waals surface area contributed by atoms with Gasteiger partial charge in [0.25, 0.3) is 5.91 Å². The number of aliphatic hydroxyl groups is 1. The zero-order valence-electron chi connectivity index (χ0n) is 13.3. The summed E-state index contributed by atoms with van der Waals surface area (Å²) in [7, 11) is -0.750. The molecule has 1 fully saturated rings. The zero-order valence-corrected chi connectivity index (χ0v) is 13.3. The van der Waals surface area contributed by atoms with Crippen LogP contribution in [0.25, 0.3) is 0 Å². The Balaban J connectivity index is 2.34. The molecule has 0 unspecified atom stereocenters. The maximum Gasteiger partial charge on any atom is 0.495 e. The van der Waals surface area contributed by atoms with Gasteiger partial charge in [-0.25, -0.2) is 4.39 Å². The maximum atomic E-state index is 13.5. The van der Waals surface area contributed by atoms with Gasteiger partial charge in [-0.2, -0.15) is 0 Å². The van der Waals surface area contributed by atoms with Crippen LogP contribution in [0.1, 0.15) is 38.1 Å². The summed E-state index contributed by atoms with van der Waals surface area (Å²) in [6.07, 6.45) is 0. The van der Waals surface area contributed by atoms with Gasteiger partial charge in [0.2, 0.25) is 0 Å². The molecule has 0 atom stereocenters. The van der Waals surface area contributed by atoms with Crippen molar-refractivity contribution in [3.8, 4) is 0 Å². The monoisotopic (exact) mass is 309 g/mol. The van der Waals surface area contributed by atoms with Crippen molar-refractivity contribution in [3.05, 3.63) is 29.6 Å². The molecule has 0 spiro atoms. The van der Waals surface area contributed by atoms with Gasteiger partial charge in [0.15, 0.2) is 0 Å². The van der Waals surface area contributed by atoms with Crippen LogP contribution in [0, 0.1) is 5.82 Å². The molecule has 1 saturated heterocycles. The minimum atomic E-state index is -0.750. The fourth-order valence-corrected chi connectivity index (χ4v) is 2.17. The highest BCUT2D eigenvalue weighted by atomic mass is 19.1. The second-order valence-electron chi connectivity index (χ2n) is 6.30. The van der Waals surface area contributed by atoms with E-state index in [0.29, 0.717) is 5.46 Å². The molecule has 0 radical (unpaired) electrons. The Morgan fingerprint density at radius 3 is 2.41 bits per heavy atom. The highest BCUT2D eigenvalue weighted by molar-refractivity contribution is 6.63. The minimum absolute atomic E-state index is 0.0954. The number of hydrogen-bond acceptors (Lipinski definition) is 4. The van der Waals surface area contributed by atoms with E-state index in [1.165, 1.54) is 12.1 Å². The van der Waals surface area contributed by atoms with Gasteiger partial charge in [0.05, 0.1) is 17.8 Å². The summed E-state index contributed by atoms with van der Waals surface area (Å²) < 4.78 is 25.3. The molecule has 1 heterocycles. The van der Waals surface area contributed by atoms with Crippen LogP contribution in [0.3, 0.4) is 0 Å².